The lowest BCUT2D eigenvalue weighted by Gasteiger charge is -2.05. The van der Waals surface area contributed by atoms with Crippen LogP contribution in [0.2, 0.25) is 0 Å². The van der Waals surface area contributed by atoms with Gasteiger partial charge in [-0.2, -0.15) is 5.10 Å². The molecule has 2 N–H and O–H groups in total. The number of para-hydroxylation sites is 1. The van der Waals surface area contributed by atoms with E-state index in [1.54, 1.807) is 25.3 Å². The van der Waals surface area contributed by atoms with Crippen LogP contribution >= 0.6 is 0 Å². The molecule has 0 aromatic heterocycles. The Morgan fingerprint density at radius 1 is 1.00 bits per heavy atom. The van der Waals surface area contributed by atoms with E-state index >= 15 is 0 Å². The maximum absolute atomic E-state index is 11.7. The highest BCUT2D eigenvalue weighted by molar-refractivity contribution is 6.02. The van der Waals surface area contributed by atoms with E-state index in [-0.39, 0.29) is 6.03 Å². The van der Waals surface area contributed by atoms with Crippen molar-refractivity contribution in [2.75, 3.05) is 5.32 Å². The number of benzene rings is 2. The van der Waals surface area contributed by atoms with Gasteiger partial charge in [-0.15, -0.1) is 5.10 Å². The average molecular weight is 280 g/mol. The summed E-state index contributed by atoms with van der Waals surface area (Å²) in [5.74, 6) is 0.413. The van der Waals surface area contributed by atoms with Gasteiger partial charge in [-0.3, -0.25) is 5.32 Å². The molecule has 0 bridgehead atoms. The van der Waals surface area contributed by atoms with Crippen molar-refractivity contribution in [3.05, 3.63) is 66.2 Å². The Bertz CT molecular complexity index is 636. The number of amidine groups is 1. The lowest BCUT2D eigenvalue weighted by atomic mass is 10.2. The molecule has 0 aliphatic carbocycles. The molecular weight excluding hydrogens is 264 g/mol. The first-order valence-electron chi connectivity index (χ1n) is 6.50. The van der Waals surface area contributed by atoms with Crippen LogP contribution in [0.1, 0.15) is 12.5 Å². The summed E-state index contributed by atoms with van der Waals surface area (Å²) in [5.41, 5.74) is 1.67. The second-order valence-electron chi connectivity index (χ2n) is 4.29. The summed E-state index contributed by atoms with van der Waals surface area (Å²) < 4.78 is 0. The van der Waals surface area contributed by atoms with Crippen molar-refractivity contribution in [3.8, 4) is 0 Å². The Balaban J connectivity index is 1.86. The number of hydrogen-bond acceptors (Lipinski definition) is 3. The summed E-state index contributed by atoms with van der Waals surface area (Å²) >= 11 is 0. The first-order valence-corrected chi connectivity index (χ1v) is 6.50. The van der Waals surface area contributed by atoms with Crippen LogP contribution in [0.4, 0.5) is 10.5 Å². The van der Waals surface area contributed by atoms with Crippen molar-refractivity contribution >= 4 is 23.8 Å². The van der Waals surface area contributed by atoms with E-state index in [2.05, 4.69) is 20.8 Å². The Kier molecular flexibility index (Phi) is 5.23. The van der Waals surface area contributed by atoms with Gasteiger partial charge in [0.1, 0.15) is 5.84 Å². The zero-order valence-corrected chi connectivity index (χ0v) is 11.7. The van der Waals surface area contributed by atoms with Crippen LogP contribution in [-0.2, 0) is 0 Å². The summed E-state index contributed by atoms with van der Waals surface area (Å²) in [6.45, 7) is 1.67. The first kappa shape index (κ1) is 14.5. The summed E-state index contributed by atoms with van der Waals surface area (Å²) in [4.78, 5) is 11.7. The fourth-order valence-corrected chi connectivity index (χ4v) is 1.59. The predicted octanol–water partition coefficient (Wildman–Crippen LogP) is 3.26. The minimum atomic E-state index is -0.350. The Morgan fingerprint density at radius 3 is 2.29 bits per heavy atom. The number of carbonyl (C=O) groups is 1. The third-order valence-electron chi connectivity index (χ3n) is 2.54. The molecule has 5 nitrogen and oxygen atoms in total. The number of urea groups is 1. The number of anilines is 1. The van der Waals surface area contributed by atoms with Crippen LogP contribution in [0.5, 0.6) is 0 Å². The van der Waals surface area contributed by atoms with Gasteiger partial charge in [-0.25, -0.2) is 4.79 Å². The molecule has 0 aliphatic rings. The van der Waals surface area contributed by atoms with Gasteiger partial charge in [0.05, 0.1) is 6.21 Å². The van der Waals surface area contributed by atoms with Gasteiger partial charge in [0.25, 0.3) is 0 Å². The number of hydrogen-bond donors (Lipinski definition) is 2. The molecule has 21 heavy (non-hydrogen) atoms. The van der Waals surface area contributed by atoms with E-state index in [0.29, 0.717) is 5.84 Å². The molecule has 2 aromatic rings. The summed E-state index contributed by atoms with van der Waals surface area (Å²) in [6, 6.07) is 18.5. The van der Waals surface area contributed by atoms with Gasteiger partial charge in [-0.1, -0.05) is 48.5 Å². The standard InChI is InChI=1S/C16H16N4O/c1-13(20-17-12-14-8-4-2-5-9-14)18-16(21)19-15-10-6-3-7-11-15/h2-12H,1H3,(H2,18,19,20,21)/b17-12+. The van der Waals surface area contributed by atoms with Crippen LogP contribution in [-0.4, -0.2) is 18.1 Å². The van der Waals surface area contributed by atoms with Crippen molar-refractivity contribution in [2.45, 2.75) is 6.92 Å². The van der Waals surface area contributed by atoms with E-state index in [1.807, 2.05) is 48.5 Å². The third-order valence-corrected chi connectivity index (χ3v) is 2.54. The van der Waals surface area contributed by atoms with Crippen LogP contribution in [0, 0.1) is 0 Å². The molecule has 0 atom stereocenters. The molecule has 0 heterocycles. The highest BCUT2D eigenvalue weighted by atomic mass is 16.2. The highest BCUT2D eigenvalue weighted by Gasteiger charge is 2.01. The van der Waals surface area contributed by atoms with Crippen LogP contribution in [0.25, 0.3) is 0 Å². The van der Waals surface area contributed by atoms with Crippen LogP contribution < -0.4 is 10.6 Å². The molecule has 0 saturated heterocycles. The molecule has 0 radical (unpaired) electrons. The molecule has 2 amide bonds. The van der Waals surface area contributed by atoms with Gasteiger partial charge in [0, 0.05) is 5.69 Å². The average Bonchev–Trinajstić information content (AvgIpc) is 2.49. The smallest absolute Gasteiger partial charge is 0.308 e. The minimum Gasteiger partial charge on any atom is -0.308 e. The van der Waals surface area contributed by atoms with Crippen molar-refractivity contribution in [2.24, 2.45) is 10.2 Å². The Morgan fingerprint density at radius 2 is 1.62 bits per heavy atom. The quantitative estimate of drug-likeness (QED) is 0.506. The largest absolute Gasteiger partial charge is 0.324 e. The zero-order valence-electron chi connectivity index (χ0n) is 11.7. The van der Waals surface area contributed by atoms with Gasteiger partial charge in [0.2, 0.25) is 0 Å². The summed E-state index contributed by atoms with van der Waals surface area (Å²) in [7, 11) is 0. The number of rotatable bonds is 3. The van der Waals surface area contributed by atoms with E-state index in [9.17, 15) is 4.79 Å². The predicted molar refractivity (Wildman–Crippen MR) is 85.7 cm³/mol. The lowest BCUT2D eigenvalue weighted by Crippen LogP contribution is -2.32. The molecule has 5 heteroatoms. The van der Waals surface area contributed by atoms with Crippen molar-refractivity contribution < 1.29 is 4.79 Å². The molecule has 0 unspecified atom stereocenters. The summed E-state index contributed by atoms with van der Waals surface area (Å²) in [5, 5.41) is 13.1. The molecule has 2 rings (SSSR count). The fraction of sp³-hybridized carbons (Fsp3) is 0.0625. The molecule has 106 valence electrons. The monoisotopic (exact) mass is 280 g/mol. The van der Waals surface area contributed by atoms with Crippen LogP contribution in [0.3, 0.4) is 0 Å². The number of nitrogens with one attached hydrogen (secondary N) is 2. The first-order chi connectivity index (χ1) is 10.2. The summed E-state index contributed by atoms with van der Waals surface area (Å²) in [6.07, 6.45) is 1.63. The molecule has 2 aromatic carbocycles. The SMILES string of the molecule is C/C(=N\N=C\c1ccccc1)NC(=O)Nc1ccccc1. The van der Waals surface area contributed by atoms with Crippen LogP contribution in [0.15, 0.2) is 70.9 Å². The lowest BCUT2D eigenvalue weighted by molar-refractivity contribution is 0.256. The molecule has 0 spiro atoms. The normalized spacial score (nSPS) is 11.4. The van der Waals surface area contributed by atoms with E-state index in [0.717, 1.165) is 11.3 Å². The van der Waals surface area contributed by atoms with Gasteiger partial charge in [0.15, 0.2) is 0 Å². The van der Waals surface area contributed by atoms with Crippen molar-refractivity contribution in [1.82, 2.24) is 5.32 Å². The Labute approximate surface area is 123 Å². The topological polar surface area (TPSA) is 65.8 Å². The zero-order chi connectivity index (χ0) is 14.9. The Hall–Kier alpha value is -2.95. The number of nitrogens with zero attached hydrogens (tertiary/aromatic N) is 2. The fourth-order valence-electron chi connectivity index (χ4n) is 1.59. The van der Waals surface area contributed by atoms with Crippen molar-refractivity contribution in [1.29, 1.82) is 0 Å². The molecule has 0 fully saturated rings. The van der Waals surface area contributed by atoms with Crippen molar-refractivity contribution in [3.63, 3.8) is 0 Å². The third kappa shape index (κ3) is 5.28. The maximum atomic E-state index is 11.7. The molecule has 0 saturated carbocycles. The molecule has 0 aliphatic heterocycles. The molecular formula is C16H16N4O. The van der Waals surface area contributed by atoms with E-state index in [4.69, 9.17) is 0 Å². The second-order valence-corrected chi connectivity index (χ2v) is 4.29. The number of carbonyl (C=O) groups excluding carboxylic acids is 1. The van der Waals surface area contributed by atoms with Gasteiger partial charge in [-0.05, 0) is 24.6 Å². The van der Waals surface area contributed by atoms with E-state index in [1.165, 1.54) is 0 Å². The van der Waals surface area contributed by atoms with Gasteiger partial charge < -0.3 is 5.32 Å². The second kappa shape index (κ2) is 7.59. The maximum Gasteiger partial charge on any atom is 0.324 e. The van der Waals surface area contributed by atoms with E-state index < -0.39 is 0 Å². The number of amides is 2. The highest BCUT2D eigenvalue weighted by Crippen LogP contribution is 2.04. The minimum absolute atomic E-state index is 0.350. The van der Waals surface area contributed by atoms with Gasteiger partial charge >= 0.3 is 6.03 Å².